The third-order valence-corrected chi connectivity index (χ3v) is 5.11. The predicted molar refractivity (Wildman–Crippen MR) is 103 cm³/mol. The lowest BCUT2D eigenvalue weighted by Crippen LogP contribution is -2.18. The standard InChI is InChI=1S/C21H15BrF2N2/c22-18-3-1-2-4-20(18)26-21(15-7-11-17(24)12-8-15)13-19(25-26)14-5-9-16(23)10-6-14/h1-12,21H,13H2/t21-/m0/s1. The predicted octanol–water partition coefficient (Wildman–Crippen LogP) is 6.08. The summed E-state index contributed by atoms with van der Waals surface area (Å²) < 4.78 is 27.5. The van der Waals surface area contributed by atoms with Crippen molar-refractivity contribution in [1.82, 2.24) is 0 Å². The summed E-state index contributed by atoms with van der Waals surface area (Å²) in [6.07, 6.45) is 0.651. The van der Waals surface area contributed by atoms with Gasteiger partial charge in [0, 0.05) is 10.9 Å². The van der Waals surface area contributed by atoms with Crippen molar-refractivity contribution in [2.24, 2.45) is 5.10 Å². The number of rotatable bonds is 3. The Hall–Kier alpha value is -2.53. The van der Waals surface area contributed by atoms with Crippen LogP contribution in [-0.2, 0) is 0 Å². The van der Waals surface area contributed by atoms with Gasteiger partial charge in [0.1, 0.15) is 11.6 Å². The Morgan fingerprint density at radius 3 is 2.12 bits per heavy atom. The topological polar surface area (TPSA) is 15.6 Å². The Bertz CT molecular complexity index is 953. The summed E-state index contributed by atoms with van der Waals surface area (Å²) >= 11 is 3.58. The summed E-state index contributed by atoms with van der Waals surface area (Å²) in [6.45, 7) is 0. The van der Waals surface area contributed by atoms with E-state index in [0.717, 1.165) is 27.0 Å². The Labute approximate surface area is 158 Å². The number of hydrogen-bond acceptors (Lipinski definition) is 2. The van der Waals surface area contributed by atoms with Crippen LogP contribution in [0.15, 0.2) is 82.4 Å². The van der Waals surface area contributed by atoms with Gasteiger partial charge in [-0.3, -0.25) is 5.01 Å². The molecule has 1 aliphatic heterocycles. The highest BCUT2D eigenvalue weighted by Gasteiger charge is 2.30. The van der Waals surface area contributed by atoms with Crippen molar-refractivity contribution >= 4 is 27.3 Å². The summed E-state index contributed by atoms with van der Waals surface area (Å²) in [4.78, 5) is 0. The number of halogens is 3. The van der Waals surface area contributed by atoms with Crippen molar-refractivity contribution in [2.75, 3.05) is 5.01 Å². The van der Waals surface area contributed by atoms with Crippen LogP contribution < -0.4 is 5.01 Å². The Morgan fingerprint density at radius 2 is 1.46 bits per heavy atom. The average Bonchev–Trinajstić information content (AvgIpc) is 3.08. The minimum atomic E-state index is -0.273. The quantitative estimate of drug-likeness (QED) is 0.508. The lowest BCUT2D eigenvalue weighted by atomic mass is 9.98. The van der Waals surface area contributed by atoms with Crippen LogP contribution >= 0.6 is 15.9 Å². The van der Waals surface area contributed by atoms with Gasteiger partial charge in [-0.15, -0.1) is 0 Å². The molecule has 0 radical (unpaired) electrons. The zero-order chi connectivity index (χ0) is 18.1. The molecule has 0 aromatic heterocycles. The third-order valence-electron chi connectivity index (χ3n) is 4.44. The highest BCUT2D eigenvalue weighted by atomic mass is 79.9. The monoisotopic (exact) mass is 412 g/mol. The van der Waals surface area contributed by atoms with Gasteiger partial charge in [-0.05, 0) is 63.5 Å². The van der Waals surface area contributed by atoms with E-state index >= 15 is 0 Å². The van der Waals surface area contributed by atoms with Gasteiger partial charge >= 0.3 is 0 Å². The molecule has 5 heteroatoms. The Morgan fingerprint density at radius 1 is 0.846 bits per heavy atom. The van der Waals surface area contributed by atoms with Crippen LogP contribution in [0.25, 0.3) is 0 Å². The summed E-state index contributed by atoms with van der Waals surface area (Å²) in [6, 6.07) is 20.6. The van der Waals surface area contributed by atoms with Gasteiger partial charge in [-0.25, -0.2) is 8.78 Å². The average molecular weight is 413 g/mol. The summed E-state index contributed by atoms with van der Waals surface area (Å²) in [5.74, 6) is -0.538. The van der Waals surface area contributed by atoms with Crippen LogP contribution in [0.4, 0.5) is 14.5 Å². The fourth-order valence-electron chi connectivity index (χ4n) is 3.13. The molecule has 1 heterocycles. The first-order valence-corrected chi connectivity index (χ1v) is 9.04. The van der Waals surface area contributed by atoms with Crippen LogP contribution in [0.2, 0.25) is 0 Å². The molecule has 1 aliphatic rings. The van der Waals surface area contributed by atoms with E-state index in [4.69, 9.17) is 5.10 Å². The number of para-hydroxylation sites is 1. The molecule has 0 amide bonds. The van der Waals surface area contributed by atoms with Crippen molar-refractivity contribution in [3.8, 4) is 0 Å². The van der Waals surface area contributed by atoms with Crippen LogP contribution in [-0.4, -0.2) is 5.71 Å². The van der Waals surface area contributed by atoms with E-state index in [2.05, 4.69) is 15.9 Å². The van der Waals surface area contributed by atoms with E-state index < -0.39 is 0 Å². The zero-order valence-electron chi connectivity index (χ0n) is 13.7. The summed E-state index contributed by atoms with van der Waals surface area (Å²) in [5, 5.41) is 6.74. The molecule has 3 aromatic rings. The molecule has 0 N–H and O–H groups in total. The molecule has 3 aromatic carbocycles. The zero-order valence-corrected chi connectivity index (χ0v) is 15.3. The van der Waals surface area contributed by atoms with Crippen molar-refractivity contribution in [2.45, 2.75) is 12.5 Å². The largest absolute Gasteiger partial charge is 0.256 e. The molecular weight excluding hydrogens is 398 g/mol. The SMILES string of the molecule is Fc1ccc(C2=NN(c3ccccc3Br)[C@H](c3ccc(F)cc3)C2)cc1. The van der Waals surface area contributed by atoms with E-state index in [-0.39, 0.29) is 17.7 Å². The first-order chi connectivity index (χ1) is 12.6. The van der Waals surface area contributed by atoms with E-state index in [0.29, 0.717) is 6.42 Å². The normalized spacial score (nSPS) is 16.7. The second kappa shape index (κ2) is 7.00. The van der Waals surface area contributed by atoms with Crippen molar-refractivity contribution < 1.29 is 8.78 Å². The fourth-order valence-corrected chi connectivity index (χ4v) is 3.60. The molecule has 1 atom stereocenters. The lowest BCUT2D eigenvalue weighted by molar-refractivity contribution is 0.624. The first kappa shape index (κ1) is 16.9. The molecule has 0 fully saturated rings. The molecule has 0 unspecified atom stereocenters. The minimum absolute atomic E-state index is 0.0608. The van der Waals surface area contributed by atoms with Crippen LogP contribution in [0.5, 0.6) is 0 Å². The maximum Gasteiger partial charge on any atom is 0.123 e. The van der Waals surface area contributed by atoms with Gasteiger partial charge in [0.05, 0.1) is 17.4 Å². The van der Waals surface area contributed by atoms with Crippen molar-refractivity contribution in [3.05, 3.63) is 100 Å². The molecule has 0 aliphatic carbocycles. The van der Waals surface area contributed by atoms with Crippen LogP contribution in [0.3, 0.4) is 0 Å². The van der Waals surface area contributed by atoms with E-state index in [1.54, 1.807) is 24.3 Å². The Balaban J connectivity index is 1.77. The highest BCUT2D eigenvalue weighted by molar-refractivity contribution is 9.10. The third kappa shape index (κ3) is 3.27. The molecule has 4 rings (SSSR count). The van der Waals surface area contributed by atoms with Crippen LogP contribution in [0.1, 0.15) is 23.6 Å². The summed E-state index contributed by atoms with van der Waals surface area (Å²) in [7, 11) is 0. The molecule has 2 nitrogen and oxygen atoms in total. The maximum atomic E-state index is 13.4. The van der Waals surface area contributed by atoms with Gasteiger partial charge in [0.15, 0.2) is 0 Å². The van der Waals surface area contributed by atoms with Gasteiger partial charge in [0.2, 0.25) is 0 Å². The van der Waals surface area contributed by atoms with Gasteiger partial charge in [0.25, 0.3) is 0 Å². The van der Waals surface area contributed by atoms with Gasteiger partial charge in [-0.2, -0.15) is 5.10 Å². The molecule has 0 bridgehead atoms. The molecule has 26 heavy (non-hydrogen) atoms. The molecule has 130 valence electrons. The van der Waals surface area contributed by atoms with Crippen molar-refractivity contribution in [3.63, 3.8) is 0 Å². The van der Waals surface area contributed by atoms with Crippen molar-refractivity contribution in [1.29, 1.82) is 0 Å². The number of hydrazone groups is 1. The molecule has 0 spiro atoms. The summed E-state index contributed by atoms with van der Waals surface area (Å²) in [5.41, 5.74) is 3.66. The minimum Gasteiger partial charge on any atom is -0.256 e. The number of nitrogens with zero attached hydrogens (tertiary/aromatic N) is 2. The van der Waals surface area contributed by atoms with E-state index in [1.807, 2.05) is 29.3 Å². The Kier molecular flexibility index (Phi) is 4.55. The van der Waals surface area contributed by atoms with Gasteiger partial charge in [-0.1, -0.05) is 36.4 Å². The highest BCUT2D eigenvalue weighted by Crippen LogP contribution is 2.39. The maximum absolute atomic E-state index is 13.4. The molecule has 0 saturated carbocycles. The second-order valence-corrected chi connectivity index (χ2v) is 6.98. The second-order valence-electron chi connectivity index (χ2n) is 6.12. The number of anilines is 1. The first-order valence-electron chi connectivity index (χ1n) is 8.24. The lowest BCUT2D eigenvalue weighted by Gasteiger charge is -2.25. The van der Waals surface area contributed by atoms with Crippen LogP contribution in [0, 0.1) is 11.6 Å². The fraction of sp³-hybridized carbons (Fsp3) is 0.0952. The number of benzene rings is 3. The molecule has 0 saturated heterocycles. The number of hydrogen-bond donors (Lipinski definition) is 0. The smallest absolute Gasteiger partial charge is 0.123 e. The van der Waals surface area contributed by atoms with E-state index in [1.165, 1.54) is 24.3 Å². The molecular formula is C21H15BrF2N2. The van der Waals surface area contributed by atoms with E-state index in [9.17, 15) is 8.78 Å². The van der Waals surface area contributed by atoms with Gasteiger partial charge < -0.3 is 0 Å².